The Morgan fingerprint density at radius 2 is 1.94 bits per heavy atom. The highest BCUT2D eigenvalue weighted by molar-refractivity contribution is 5.58. The first-order valence-electron chi connectivity index (χ1n) is 7.22. The fraction of sp³-hybridized carbons (Fsp3) is 0.625. The number of nitrogens with one attached hydrogen (secondary N) is 1. The number of fused-ring (bicyclic) bond motifs is 1. The molecule has 0 spiro atoms. The average Bonchev–Trinajstić information content (AvgIpc) is 2.38. The summed E-state index contributed by atoms with van der Waals surface area (Å²) in [5.41, 5.74) is 5.18. The Labute approximate surface area is 110 Å². The van der Waals surface area contributed by atoms with Gasteiger partial charge in [0.15, 0.2) is 0 Å². The van der Waals surface area contributed by atoms with E-state index < -0.39 is 0 Å². The zero-order valence-corrected chi connectivity index (χ0v) is 11.6. The van der Waals surface area contributed by atoms with Crippen LogP contribution in [0.4, 0.5) is 5.69 Å². The molecule has 1 aliphatic heterocycles. The second kappa shape index (κ2) is 4.58. The largest absolute Gasteiger partial charge is 0.369 e. The van der Waals surface area contributed by atoms with Gasteiger partial charge in [-0.05, 0) is 41.9 Å². The van der Waals surface area contributed by atoms with Gasteiger partial charge in [0.05, 0.1) is 0 Å². The molecule has 1 heterocycles. The van der Waals surface area contributed by atoms with E-state index in [4.69, 9.17) is 0 Å². The lowest BCUT2D eigenvalue weighted by Crippen LogP contribution is -2.44. The molecule has 1 N–H and O–H groups in total. The molecule has 0 saturated carbocycles. The van der Waals surface area contributed by atoms with Crippen LogP contribution in [0.15, 0.2) is 18.2 Å². The molecule has 1 aromatic rings. The second-order valence-corrected chi connectivity index (χ2v) is 6.49. The number of piperazine rings is 1. The number of aryl methyl sites for hydroxylation is 1. The Morgan fingerprint density at radius 3 is 2.72 bits per heavy atom. The first-order chi connectivity index (χ1) is 8.66. The van der Waals surface area contributed by atoms with Gasteiger partial charge < -0.3 is 10.2 Å². The first-order valence-corrected chi connectivity index (χ1v) is 7.22. The highest BCUT2D eigenvalue weighted by atomic mass is 15.2. The minimum atomic E-state index is 0.469. The maximum absolute atomic E-state index is 3.44. The van der Waals surface area contributed by atoms with Crippen molar-refractivity contribution < 1.29 is 0 Å². The van der Waals surface area contributed by atoms with Crippen LogP contribution in [0.25, 0.3) is 0 Å². The van der Waals surface area contributed by atoms with E-state index in [0.717, 1.165) is 26.2 Å². The fourth-order valence-electron chi connectivity index (χ4n) is 3.30. The quantitative estimate of drug-likeness (QED) is 0.817. The zero-order chi connectivity index (χ0) is 12.6. The Bertz CT molecular complexity index is 431. The van der Waals surface area contributed by atoms with Crippen LogP contribution in [0.1, 0.15) is 31.4 Å². The highest BCUT2D eigenvalue weighted by Gasteiger charge is 2.28. The molecule has 2 heteroatoms. The summed E-state index contributed by atoms with van der Waals surface area (Å²) in [4.78, 5) is 2.57. The van der Waals surface area contributed by atoms with Gasteiger partial charge in [-0.25, -0.2) is 0 Å². The molecule has 0 unspecified atom stereocenters. The number of hydrogen-bond acceptors (Lipinski definition) is 2. The monoisotopic (exact) mass is 244 g/mol. The molecule has 0 amide bonds. The smallest absolute Gasteiger partial charge is 0.0402 e. The molecule has 0 radical (unpaired) electrons. The third-order valence-corrected chi connectivity index (χ3v) is 4.43. The van der Waals surface area contributed by atoms with E-state index in [9.17, 15) is 0 Å². The third-order valence-electron chi connectivity index (χ3n) is 4.43. The molecule has 0 aromatic heterocycles. The van der Waals surface area contributed by atoms with Crippen molar-refractivity contribution >= 4 is 5.69 Å². The van der Waals surface area contributed by atoms with Crippen LogP contribution in [-0.4, -0.2) is 26.2 Å². The molecule has 1 saturated heterocycles. The van der Waals surface area contributed by atoms with E-state index >= 15 is 0 Å². The molecule has 2 nitrogen and oxygen atoms in total. The van der Waals surface area contributed by atoms with Crippen molar-refractivity contribution in [3.05, 3.63) is 29.3 Å². The molecule has 98 valence electrons. The van der Waals surface area contributed by atoms with Crippen LogP contribution in [0, 0.1) is 5.41 Å². The summed E-state index contributed by atoms with van der Waals surface area (Å²) in [6.45, 7) is 9.35. The average molecular weight is 244 g/mol. The van der Waals surface area contributed by atoms with Gasteiger partial charge in [0.25, 0.3) is 0 Å². The third kappa shape index (κ3) is 2.26. The lowest BCUT2D eigenvalue weighted by Gasteiger charge is -2.37. The predicted octanol–water partition coefficient (Wildman–Crippen LogP) is 2.61. The van der Waals surface area contributed by atoms with Gasteiger partial charge in [-0.15, -0.1) is 0 Å². The van der Waals surface area contributed by atoms with Crippen LogP contribution in [0.3, 0.4) is 0 Å². The highest BCUT2D eigenvalue weighted by Crippen LogP contribution is 2.39. The van der Waals surface area contributed by atoms with Crippen LogP contribution in [0.5, 0.6) is 0 Å². The topological polar surface area (TPSA) is 15.3 Å². The molecule has 1 fully saturated rings. The summed E-state index contributed by atoms with van der Waals surface area (Å²) >= 11 is 0. The van der Waals surface area contributed by atoms with Crippen molar-refractivity contribution in [2.45, 2.75) is 33.1 Å². The first kappa shape index (κ1) is 12.0. The summed E-state index contributed by atoms with van der Waals surface area (Å²) in [6, 6.07) is 6.90. The van der Waals surface area contributed by atoms with Gasteiger partial charge >= 0.3 is 0 Å². The van der Waals surface area contributed by atoms with Crippen molar-refractivity contribution in [2.24, 2.45) is 5.41 Å². The van der Waals surface area contributed by atoms with Gasteiger partial charge in [-0.2, -0.15) is 0 Å². The molecule has 0 atom stereocenters. The molecular weight excluding hydrogens is 220 g/mol. The summed E-state index contributed by atoms with van der Waals surface area (Å²) in [7, 11) is 0. The molecule has 1 aromatic carbocycles. The van der Waals surface area contributed by atoms with E-state index in [1.54, 1.807) is 11.1 Å². The van der Waals surface area contributed by atoms with E-state index in [0.29, 0.717) is 5.41 Å². The van der Waals surface area contributed by atoms with Crippen LogP contribution in [-0.2, 0) is 12.8 Å². The van der Waals surface area contributed by atoms with Crippen molar-refractivity contribution in [3.8, 4) is 0 Å². The van der Waals surface area contributed by atoms with Crippen LogP contribution < -0.4 is 10.2 Å². The van der Waals surface area contributed by atoms with E-state index in [2.05, 4.69) is 42.3 Å². The molecule has 1 aliphatic carbocycles. The molecule has 18 heavy (non-hydrogen) atoms. The van der Waals surface area contributed by atoms with Gasteiger partial charge in [0, 0.05) is 31.9 Å². The van der Waals surface area contributed by atoms with E-state index in [1.807, 2.05) is 0 Å². The number of hydrogen-bond donors (Lipinski definition) is 1. The lowest BCUT2D eigenvalue weighted by molar-refractivity contribution is 0.315. The summed E-state index contributed by atoms with van der Waals surface area (Å²) < 4.78 is 0. The van der Waals surface area contributed by atoms with Crippen molar-refractivity contribution in [1.29, 1.82) is 0 Å². The van der Waals surface area contributed by atoms with Gasteiger partial charge in [0.2, 0.25) is 0 Å². The summed E-state index contributed by atoms with van der Waals surface area (Å²) in [5.74, 6) is 0. The summed E-state index contributed by atoms with van der Waals surface area (Å²) in [6.07, 6.45) is 3.82. The SMILES string of the molecule is CC1(C)CCc2cccc(N3CCNCC3)c2C1. The van der Waals surface area contributed by atoms with Crippen LogP contribution in [0.2, 0.25) is 0 Å². The molecular formula is C16H24N2. The standard InChI is InChI=1S/C16H24N2/c1-16(2)7-6-13-4-3-5-15(14(13)12-16)18-10-8-17-9-11-18/h3-5,17H,6-12H2,1-2H3. The number of nitrogens with zero attached hydrogens (tertiary/aromatic N) is 1. The Balaban J connectivity index is 1.95. The summed E-state index contributed by atoms with van der Waals surface area (Å²) in [5, 5.41) is 3.44. The minimum absolute atomic E-state index is 0.469. The molecule has 0 bridgehead atoms. The lowest BCUT2D eigenvalue weighted by atomic mass is 9.74. The second-order valence-electron chi connectivity index (χ2n) is 6.49. The molecule has 3 rings (SSSR count). The fourth-order valence-corrected chi connectivity index (χ4v) is 3.30. The number of benzene rings is 1. The maximum atomic E-state index is 3.44. The van der Waals surface area contributed by atoms with Gasteiger partial charge in [-0.3, -0.25) is 0 Å². The van der Waals surface area contributed by atoms with Crippen LogP contribution >= 0.6 is 0 Å². The molecule has 2 aliphatic rings. The predicted molar refractivity (Wildman–Crippen MR) is 77.3 cm³/mol. The van der Waals surface area contributed by atoms with Crippen molar-refractivity contribution in [1.82, 2.24) is 5.32 Å². The van der Waals surface area contributed by atoms with E-state index in [1.165, 1.54) is 24.9 Å². The number of rotatable bonds is 1. The minimum Gasteiger partial charge on any atom is -0.369 e. The Kier molecular flexibility index (Phi) is 3.06. The number of anilines is 1. The van der Waals surface area contributed by atoms with Crippen molar-refractivity contribution in [3.63, 3.8) is 0 Å². The Morgan fingerprint density at radius 1 is 1.17 bits per heavy atom. The maximum Gasteiger partial charge on any atom is 0.0402 e. The van der Waals surface area contributed by atoms with Crippen molar-refractivity contribution in [2.75, 3.05) is 31.1 Å². The normalized spacial score (nSPS) is 22.7. The van der Waals surface area contributed by atoms with Gasteiger partial charge in [0.1, 0.15) is 0 Å². The van der Waals surface area contributed by atoms with E-state index in [-0.39, 0.29) is 0 Å². The zero-order valence-electron chi connectivity index (χ0n) is 11.6. The Hall–Kier alpha value is -1.02. The van der Waals surface area contributed by atoms with Gasteiger partial charge in [-0.1, -0.05) is 26.0 Å².